The van der Waals surface area contributed by atoms with Crippen LogP contribution in [0.1, 0.15) is 20.3 Å². The van der Waals surface area contributed by atoms with E-state index in [1.165, 1.54) is 0 Å². The van der Waals surface area contributed by atoms with Crippen molar-refractivity contribution in [3.63, 3.8) is 0 Å². The second-order valence-corrected chi connectivity index (χ2v) is 7.32. The molecule has 2 aromatic heterocycles. The van der Waals surface area contributed by atoms with Crippen molar-refractivity contribution in [1.82, 2.24) is 20.2 Å². The summed E-state index contributed by atoms with van der Waals surface area (Å²) in [6.07, 6.45) is 0.517. The number of aliphatic carboxylic acids is 1. The number of carboxylic acid groups (broad SMARTS) is 1. The molecule has 1 atom stereocenters. The van der Waals surface area contributed by atoms with Crippen molar-refractivity contribution in [2.24, 2.45) is 5.41 Å². The van der Waals surface area contributed by atoms with E-state index in [4.69, 9.17) is 0 Å². The standard InChI is InChI=1S/C11H13IN4O2S/c1-3-11(2,10(17)18)6-16-9(13-14-15-16)7-4-8(12)19-5-7/h4-5H,3,6H2,1-2H3,(H,17,18). The number of rotatable bonds is 5. The van der Waals surface area contributed by atoms with Gasteiger partial charge in [-0.1, -0.05) is 6.92 Å². The highest BCUT2D eigenvalue weighted by Crippen LogP contribution is 2.28. The van der Waals surface area contributed by atoms with Gasteiger partial charge in [0.15, 0.2) is 5.82 Å². The maximum atomic E-state index is 11.3. The normalized spacial score (nSPS) is 14.3. The average molecular weight is 392 g/mol. The summed E-state index contributed by atoms with van der Waals surface area (Å²) in [5.74, 6) is -0.226. The largest absolute Gasteiger partial charge is 0.481 e. The van der Waals surface area contributed by atoms with Gasteiger partial charge in [-0.3, -0.25) is 4.79 Å². The number of nitrogens with zero attached hydrogens (tertiary/aromatic N) is 4. The van der Waals surface area contributed by atoms with E-state index in [2.05, 4.69) is 38.1 Å². The lowest BCUT2D eigenvalue weighted by Crippen LogP contribution is -2.32. The third kappa shape index (κ3) is 2.94. The Bertz CT molecular complexity index is 597. The Morgan fingerprint density at radius 2 is 2.37 bits per heavy atom. The van der Waals surface area contributed by atoms with Crippen LogP contribution in [0.2, 0.25) is 0 Å². The van der Waals surface area contributed by atoms with Crippen LogP contribution in [0.4, 0.5) is 0 Å². The molecule has 0 aliphatic rings. The van der Waals surface area contributed by atoms with Crippen LogP contribution < -0.4 is 0 Å². The summed E-state index contributed by atoms with van der Waals surface area (Å²) < 4.78 is 2.70. The van der Waals surface area contributed by atoms with Crippen molar-refractivity contribution in [2.75, 3.05) is 0 Å². The van der Waals surface area contributed by atoms with E-state index in [1.54, 1.807) is 22.9 Å². The van der Waals surface area contributed by atoms with Gasteiger partial charge >= 0.3 is 5.97 Å². The molecule has 102 valence electrons. The van der Waals surface area contributed by atoms with Gasteiger partial charge in [0.1, 0.15) is 0 Å². The zero-order valence-electron chi connectivity index (χ0n) is 10.5. The number of carboxylic acids is 1. The Hall–Kier alpha value is -1.03. The molecular formula is C11H13IN4O2S. The summed E-state index contributed by atoms with van der Waals surface area (Å²) in [4.78, 5) is 11.3. The number of aromatic nitrogens is 4. The fraction of sp³-hybridized carbons (Fsp3) is 0.455. The summed E-state index contributed by atoms with van der Waals surface area (Å²) in [5, 5.41) is 22.8. The molecule has 0 aliphatic heterocycles. The molecule has 6 nitrogen and oxygen atoms in total. The van der Waals surface area contributed by atoms with Crippen LogP contribution in [0.5, 0.6) is 0 Å². The van der Waals surface area contributed by atoms with Gasteiger partial charge < -0.3 is 5.11 Å². The van der Waals surface area contributed by atoms with Gasteiger partial charge in [-0.25, -0.2) is 4.68 Å². The molecule has 0 amide bonds. The third-order valence-electron chi connectivity index (χ3n) is 3.15. The van der Waals surface area contributed by atoms with E-state index in [-0.39, 0.29) is 6.54 Å². The molecule has 2 rings (SSSR count). The average Bonchev–Trinajstić information content (AvgIpc) is 2.97. The van der Waals surface area contributed by atoms with Crippen LogP contribution in [0.15, 0.2) is 11.4 Å². The second kappa shape index (κ2) is 5.53. The van der Waals surface area contributed by atoms with E-state index in [0.717, 1.165) is 8.45 Å². The van der Waals surface area contributed by atoms with Crippen molar-refractivity contribution in [3.05, 3.63) is 14.3 Å². The summed E-state index contributed by atoms with van der Waals surface area (Å²) in [6.45, 7) is 3.82. The van der Waals surface area contributed by atoms with Crippen LogP contribution in [0.3, 0.4) is 0 Å². The minimum absolute atomic E-state index is 0.258. The van der Waals surface area contributed by atoms with Gasteiger partial charge in [-0.2, -0.15) is 0 Å². The number of halogens is 1. The monoisotopic (exact) mass is 392 g/mol. The lowest BCUT2D eigenvalue weighted by Gasteiger charge is -2.22. The minimum atomic E-state index is -0.868. The molecule has 2 heterocycles. The van der Waals surface area contributed by atoms with Crippen LogP contribution in [-0.2, 0) is 11.3 Å². The first-order valence-electron chi connectivity index (χ1n) is 5.70. The molecule has 0 spiro atoms. The molecule has 1 N–H and O–H groups in total. The number of carbonyl (C=O) groups is 1. The Labute approximate surface area is 128 Å². The molecule has 1 unspecified atom stereocenters. The molecule has 0 saturated carbocycles. The molecule has 0 saturated heterocycles. The summed E-state index contributed by atoms with van der Waals surface area (Å²) in [6, 6.07) is 1.98. The Kier molecular flexibility index (Phi) is 4.19. The van der Waals surface area contributed by atoms with Crippen molar-refractivity contribution in [2.45, 2.75) is 26.8 Å². The Morgan fingerprint density at radius 3 is 2.89 bits per heavy atom. The van der Waals surface area contributed by atoms with Crippen molar-refractivity contribution in [3.8, 4) is 11.4 Å². The summed E-state index contributed by atoms with van der Waals surface area (Å²) >= 11 is 3.83. The predicted octanol–water partition coefficient (Wildman–Crippen LogP) is 2.51. The van der Waals surface area contributed by atoms with E-state index >= 15 is 0 Å². The van der Waals surface area contributed by atoms with Crippen LogP contribution >= 0.6 is 33.9 Å². The maximum absolute atomic E-state index is 11.3. The lowest BCUT2D eigenvalue weighted by atomic mass is 9.88. The Morgan fingerprint density at radius 1 is 1.63 bits per heavy atom. The van der Waals surface area contributed by atoms with E-state index in [1.807, 2.05) is 18.4 Å². The smallest absolute Gasteiger partial charge is 0.311 e. The van der Waals surface area contributed by atoms with E-state index in [9.17, 15) is 9.90 Å². The van der Waals surface area contributed by atoms with Gasteiger partial charge in [-0.15, -0.1) is 16.4 Å². The highest BCUT2D eigenvalue weighted by molar-refractivity contribution is 14.1. The molecule has 0 radical (unpaired) electrons. The fourth-order valence-corrected chi connectivity index (χ4v) is 2.93. The topological polar surface area (TPSA) is 80.9 Å². The van der Waals surface area contributed by atoms with Crippen molar-refractivity contribution < 1.29 is 9.90 Å². The molecule has 0 bridgehead atoms. The van der Waals surface area contributed by atoms with Crippen molar-refractivity contribution >= 4 is 39.9 Å². The molecule has 0 aromatic carbocycles. The molecule has 0 aliphatic carbocycles. The second-order valence-electron chi connectivity index (χ2n) is 4.52. The number of tetrazole rings is 1. The van der Waals surface area contributed by atoms with E-state index in [0.29, 0.717) is 12.2 Å². The molecule has 8 heteroatoms. The first-order valence-corrected chi connectivity index (χ1v) is 7.66. The predicted molar refractivity (Wildman–Crippen MR) is 79.9 cm³/mol. The van der Waals surface area contributed by atoms with Gasteiger partial charge in [0.2, 0.25) is 0 Å². The van der Waals surface area contributed by atoms with Crippen LogP contribution in [0.25, 0.3) is 11.4 Å². The first kappa shape index (κ1) is 14.4. The molecule has 19 heavy (non-hydrogen) atoms. The van der Waals surface area contributed by atoms with Gasteiger partial charge in [0.05, 0.1) is 14.8 Å². The zero-order valence-corrected chi connectivity index (χ0v) is 13.5. The van der Waals surface area contributed by atoms with Crippen LogP contribution in [-0.4, -0.2) is 31.3 Å². The van der Waals surface area contributed by atoms with Gasteiger partial charge in [0.25, 0.3) is 0 Å². The minimum Gasteiger partial charge on any atom is -0.481 e. The first-order chi connectivity index (χ1) is 8.96. The fourth-order valence-electron chi connectivity index (χ4n) is 1.61. The number of hydrogen-bond acceptors (Lipinski definition) is 5. The van der Waals surface area contributed by atoms with E-state index < -0.39 is 11.4 Å². The van der Waals surface area contributed by atoms with Crippen molar-refractivity contribution in [1.29, 1.82) is 0 Å². The summed E-state index contributed by atoms with van der Waals surface area (Å²) in [7, 11) is 0. The third-order valence-corrected chi connectivity index (χ3v) is 4.94. The molecular weight excluding hydrogens is 379 g/mol. The maximum Gasteiger partial charge on any atom is 0.311 e. The molecule has 2 aromatic rings. The number of hydrogen-bond donors (Lipinski definition) is 1. The van der Waals surface area contributed by atoms with Gasteiger partial charge in [0, 0.05) is 10.9 Å². The highest BCUT2D eigenvalue weighted by Gasteiger charge is 2.33. The molecule has 0 fully saturated rings. The van der Waals surface area contributed by atoms with Gasteiger partial charge in [-0.05, 0) is 52.4 Å². The quantitative estimate of drug-likeness (QED) is 0.791. The Balaban J connectivity index is 2.33. The lowest BCUT2D eigenvalue weighted by molar-refractivity contribution is -0.149. The summed E-state index contributed by atoms with van der Waals surface area (Å²) in [5.41, 5.74) is 0.0519. The van der Waals surface area contributed by atoms with Crippen LogP contribution in [0, 0.1) is 8.30 Å². The number of thiophene rings is 1. The zero-order chi connectivity index (χ0) is 14.0. The SMILES string of the molecule is CCC(C)(Cn1nnnc1-c1csc(I)c1)C(=O)O. The highest BCUT2D eigenvalue weighted by atomic mass is 127.